The van der Waals surface area contributed by atoms with Crippen LogP contribution in [0.3, 0.4) is 0 Å². The van der Waals surface area contributed by atoms with Crippen molar-refractivity contribution in [1.82, 2.24) is 9.88 Å². The van der Waals surface area contributed by atoms with E-state index in [1.807, 2.05) is 38.1 Å². The zero-order valence-corrected chi connectivity index (χ0v) is 17.6. The normalized spacial score (nSPS) is 13.0. The fourth-order valence-corrected chi connectivity index (χ4v) is 3.53. The van der Waals surface area contributed by atoms with Crippen molar-refractivity contribution in [2.24, 2.45) is 9.98 Å². The average molecular weight is 404 g/mol. The molecule has 0 saturated carbocycles. The quantitative estimate of drug-likeness (QED) is 0.494. The highest BCUT2D eigenvalue weighted by atomic mass is 19.1. The summed E-state index contributed by atoms with van der Waals surface area (Å²) in [5.74, 6) is 0.112. The lowest BCUT2D eigenvalue weighted by molar-refractivity contribution is 0.622. The van der Waals surface area contributed by atoms with Crippen molar-refractivity contribution in [2.75, 3.05) is 7.05 Å². The number of aromatic nitrogens is 1. The summed E-state index contributed by atoms with van der Waals surface area (Å²) >= 11 is 0. The molecule has 3 aromatic rings. The van der Waals surface area contributed by atoms with Crippen molar-refractivity contribution in [3.63, 3.8) is 0 Å². The van der Waals surface area contributed by atoms with Gasteiger partial charge in [0, 0.05) is 19.0 Å². The summed E-state index contributed by atoms with van der Waals surface area (Å²) in [5.41, 5.74) is 2.31. The van der Waals surface area contributed by atoms with Gasteiger partial charge in [-0.2, -0.15) is 0 Å². The minimum atomic E-state index is -0.405. The van der Waals surface area contributed by atoms with E-state index in [1.165, 1.54) is 12.1 Å². The molecule has 6 heteroatoms. The highest BCUT2D eigenvalue weighted by Gasteiger charge is 2.19. The summed E-state index contributed by atoms with van der Waals surface area (Å²) in [6.45, 7) is 9.54. The van der Waals surface area contributed by atoms with Gasteiger partial charge in [-0.3, -0.25) is 19.3 Å². The van der Waals surface area contributed by atoms with Crippen molar-refractivity contribution in [3.8, 4) is 5.69 Å². The maximum absolute atomic E-state index is 14.0. The van der Waals surface area contributed by atoms with Gasteiger partial charge in [0.15, 0.2) is 0 Å². The summed E-state index contributed by atoms with van der Waals surface area (Å²) in [5, 5.41) is 4.73. The molecule has 30 heavy (non-hydrogen) atoms. The molecule has 154 valence electrons. The molecule has 3 rings (SSSR count). The van der Waals surface area contributed by atoms with E-state index in [0.717, 1.165) is 10.9 Å². The Kier molecular flexibility index (Phi) is 6.26. The van der Waals surface area contributed by atoms with Crippen molar-refractivity contribution in [1.29, 1.82) is 0 Å². The number of benzene rings is 2. The van der Waals surface area contributed by atoms with Crippen LogP contribution in [0.2, 0.25) is 0 Å². The second-order valence-corrected chi connectivity index (χ2v) is 7.00. The number of nitrogens with zero attached hydrogens (tertiary/aromatic N) is 3. The number of hydrogen-bond donors (Lipinski definition) is 1. The lowest BCUT2D eigenvalue weighted by Crippen LogP contribution is -2.32. The largest absolute Gasteiger partial charge is 0.361 e. The Balaban J connectivity index is 2.24. The molecule has 0 bridgehead atoms. The number of aliphatic imine (C=N–C) groups is 2. The first-order chi connectivity index (χ1) is 14.4. The molecule has 1 atom stereocenters. The highest BCUT2D eigenvalue weighted by Crippen LogP contribution is 2.23. The van der Waals surface area contributed by atoms with Gasteiger partial charge in [-0.15, -0.1) is 0 Å². The van der Waals surface area contributed by atoms with Gasteiger partial charge in [0.25, 0.3) is 5.56 Å². The fraction of sp³-hybridized carbons (Fsp3) is 0.208. The Labute approximate surface area is 175 Å². The molecule has 2 aromatic carbocycles. The van der Waals surface area contributed by atoms with Crippen LogP contribution >= 0.6 is 0 Å². The minimum absolute atomic E-state index is 0.194. The molecule has 0 aliphatic heterocycles. The summed E-state index contributed by atoms with van der Waals surface area (Å²) in [4.78, 5) is 21.9. The fourth-order valence-electron chi connectivity index (χ4n) is 3.53. The number of fused-ring (bicyclic) bond motifs is 1. The van der Waals surface area contributed by atoms with Crippen LogP contribution in [0.1, 0.15) is 31.1 Å². The van der Waals surface area contributed by atoms with Crippen molar-refractivity contribution >= 4 is 22.8 Å². The highest BCUT2D eigenvalue weighted by molar-refractivity contribution is 5.98. The van der Waals surface area contributed by atoms with Gasteiger partial charge in [-0.25, -0.2) is 4.39 Å². The molecule has 1 N–H and O–H groups in total. The number of pyridine rings is 1. The van der Waals surface area contributed by atoms with Crippen molar-refractivity contribution in [2.45, 2.75) is 26.8 Å². The Bertz CT molecular complexity index is 1220. The second-order valence-electron chi connectivity index (χ2n) is 7.00. The maximum Gasteiger partial charge on any atom is 0.263 e. The van der Waals surface area contributed by atoms with E-state index in [4.69, 9.17) is 0 Å². The Hall–Kier alpha value is -3.54. The summed E-state index contributed by atoms with van der Waals surface area (Å²) < 4.78 is 15.5. The third-order valence-electron chi connectivity index (χ3n) is 4.93. The van der Waals surface area contributed by atoms with Crippen LogP contribution < -0.4 is 10.9 Å². The van der Waals surface area contributed by atoms with Crippen LogP contribution in [0.5, 0.6) is 0 Å². The van der Waals surface area contributed by atoms with Gasteiger partial charge >= 0.3 is 0 Å². The van der Waals surface area contributed by atoms with Crippen LogP contribution in [0.15, 0.2) is 75.6 Å². The molecule has 0 spiro atoms. The number of amidine groups is 1. The lowest BCUT2D eigenvalue weighted by Gasteiger charge is -2.22. The molecule has 0 aliphatic rings. The topological polar surface area (TPSA) is 58.8 Å². The monoisotopic (exact) mass is 404 g/mol. The first-order valence-electron chi connectivity index (χ1n) is 9.69. The molecular weight excluding hydrogens is 379 g/mol. The summed E-state index contributed by atoms with van der Waals surface area (Å²) in [6.07, 6.45) is 1.64. The SMILES string of the molecule is C=C(N=CC)C(=NC)NC(C)c1cc2cccc(C)c2c(=O)n1-c1cccc(F)c1. The van der Waals surface area contributed by atoms with E-state index < -0.39 is 5.82 Å². The third kappa shape index (κ3) is 4.08. The molecule has 0 saturated heterocycles. The predicted octanol–water partition coefficient (Wildman–Crippen LogP) is 4.72. The number of nitrogens with one attached hydrogen (secondary N) is 1. The zero-order valence-electron chi connectivity index (χ0n) is 17.6. The predicted molar refractivity (Wildman–Crippen MR) is 122 cm³/mol. The smallest absolute Gasteiger partial charge is 0.263 e. The molecular formula is C24H25FN4O. The van der Waals surface area contributed by atoms with Crippen LogP contribution in [0, 0.1) is 12.7 Å². The molecule has 0 aliphatic carbocycles. The molecule has 5 nitrogen and oxygen atoms in total. The first kappa shape index (κ1) is 21.2. The van der Waals surface area contributed by atoms with Gasteiger partial charge in [-0.1, -0.05) is 30.8 Å². The van der Waals surface area contributed by atoms with Gasteiger partial charge < -0.3 is 5.32 Å². The van der Waals surface area contributed by atoms with Gasteiger partial charge in [0.1, 0.15) is 11.7 Å². The summed E-state index contributed by atoms with van der Waals surface area (Å²) in [6, 6.07) is 13.4. The minimum Gasteiger partial charge on any atom is -0.361 e. The molecule has 0 fully saturated rings. The van der Waals surface area contributed by atoms with E-state index in [1.54, 1.807) is 36.9 Å². The van der Waals surface area contributed by atoms with Crippen LogP contribution in [0.25, 0.3) is 16.5 Å². The number of hydrogen-bond acceptors (Lipinski definition) is 3. The van der Waals surface area contributed by atoms with Crippen LogP contribution in [-0.2, 0) is 0 Å². The second kappa shape index (κ2) is 8.86. The lowest BCUT2D eigenvalue weighted by atomic mass is 10.0. The molecule has 0 amide bonds. The van der Waals surface area contributed by atoms with Gasteiger partial charge in [-0.05, 0) is 56.0 Å². The summed E-state index contributed by atoms with van der Waals surface area (Å²) in [7, 11) is 1.65. The maximum atomic E-state index is 14.0. The van der Waals surface area contributed by atoms with E-state index in [-0.39, 0.29) is 11.6 Å². The molecule has 1 unspecified atom stereocenters. The Morgan fingerprint density at radius 1 is 1.23 bits per heavy atom. The first-order valence-corrected chi connectivity index (χ1v) is 9.69. The Morgan fingerprint density at radius 3 is 2.63 bits per heavy atom. The van der Waals surface area contributed by atoms with E-state index in [9.17, 15) is 9.18 Å². The van der Waals surface area contributed by atoms with Crippen LogP contribution in [0.4, 0.5) is 4.39 Å². The van der Waals surface area contributed by atoms with Gasteiger partial charge in [0.2, 0.25) is 0 Å². The van der Waals surface area contributed by atoms with E-state index >= 15 is 0 Å². The van der Waals surface area contributed by atoms with Crippen LogP contribution in [-0.4, -0.2) is 23.7 Å². The van der Waals surface area contributed by atoms with E-state index in [2.05, 4.69) is 21.9 Å². The zero-order chi connectivity index (χ0) is 21.8. The number of aryl methyl sites for hydroxylation is 1. The standard InChI is InChI=1S/C24H25FN4O/c1-6-27-17(4)23(26-5)28-16(3)21-13-18-10-7-9-15(2)22(18)24(30)29(21)20-12-8-11-19(25)14-20/h6-14,16H,4H2,1-3,5H3,(H,26,28). The number of rotatable bonds is 5. The number of halogens is 1. The Morgan fingerprint density at radius 2 is 1.97 bits per heavy atom. The van der Waals surface area contributed by atoms with Gasteiger partial charge in [0.05, 0.1) is 22.8 Å². The van der Waals surface area contributed by atoms with E-state index in [0.29, 0.717) is 28.3 Å². The third-order valence-corrected chi connectivity index (χ3v) is 4.93. The van der Waals surface area contributed by atoms with Crippen molar-refractivity contribution < 1.29 is 4.39 Å². The van der Waals surface area contributed by atoms with Crippen molar-refractivity contribution in [3.05, 3.63) is 88.2 Å². The average Bonchev–Trinajstić information content (AvgIpc) is 2.71. The molecule has 1 aromatic heterocycles. The molecule has 1 heterocycles. The molecule has 0 radical (unpaired) electrons.